The van der Waals surface area contributed by atoms with Gasteiger partial charge in [0.25, 0.3) is 0 Å². The SMILES string of the molecule is COC(=O)c1c(NC(=S)Nc2cnn(Cc3ccccc3Cl)c2)sc(C)c1-c1ccccc1. The van der Waals surface area contributed by atoms with Gasteiger partial charge in [-0.3, -0.25) is 4.68 Å². The molecule has 2 heterocycles. The highest BCUT2D eigenvalue weighted by Gasteiger charge is 2.24. The highest BCUT2D eigenvalue weighted by Crippen LogP contribution is 2.40. The number of hydrogen-bond acceptors (Lipinski definition) is 5. The maximum absolute atomic E-state index is 12.6. The summed E-state index contributed by atoms with van der Waals surface area (Å²) in [6, 6.07) is 17.4. The van der Waals surface area contributed by atoms with E-state index in [2.05, 4.69) is 15.7 Å². The smallest absolute Gasteiger partial charge is 0.341 e. The lowest BCUT2D eigenvalue weighted by molar-refractivity contribution is 0.0603. The Morgan fingerprint density at radius 1 is 1.15 bits per heavy atom. The van der Waals surface area contributed by atoms with Gasteiger partial charge in [0.05, 0.1) is 25.5 Å². The molecule has 0 saturated heterocycles. The molecule has 0 bridgehead atoms. The fourth-order valence-electron chi connectivity index (χ4n) is 3.46. The van der Waals surface area contributed by atoms with Crippen molar-refractivity contribution in [3.63, 3.8) is 0 Å². The normalized spacial score (nSPS) is 10.6. The van der Waals surface area contributed by atoms with Crippen LogP contribution in [0.25, 0.3) is 11.1 Å². The fourth-order valence-corrected chi connectivity index (χ4v) is 5.01. The fraction of sp³-hybridized carbons (Fsp3) is 0.125. The van der Waals surface area contributed by atoms with E-state index >= 15 is 0 Å². The Hall–Kier alpha value is -3.20. The number of thiophene rings is 1. The minimum Gasteiger partial charge on any atom is -0.465 e. The van der Waals surface area contributed by atoms with Gasteiger partial charge in [0.1, 0.15) is 10.6 Å². The molecule has 4 rings (SSSR count). The van der Waals surface area contributed by atoms with E-state index in [0.29, 0.717) is 27.2 Å². The maximum Gasteiger partial charge on any atom is 0.341 e. The summed E-state index contributed by atoms with van der Waals surface area (Å²) in [6.07, 6.45) is 3.52. The van der Waals surface area contributed by atoms with Gasteiger partial charge in [-0.15, -0.1) is 11.3 Å². The van der Waals surface area contributed by atoms with Crippen LogP contribution in [0.4, 0.5) is 10.7 Å². The lowest BCUT2D eigenvalue weighted by Gasteiger charge is -2.10. The molecule has 0 atom stereocenters. The number of esters is 1. The van der Waals surface area contributed by atoms with Crippen molar-refractivity contribution < 1.29 is 9.53 Å². The number of benzene rings is 2. The van der Waals surface area contributed by atoms with Gasteiger partial charge in [-0.25, -0.2) is 4.79 Å². The second kappa shape index (κ2) is 10.2. The molecule has 0 unspecified atom stereocenters. The molecule has 4 aromatic rings. The zero-order valence-electron chi connectivity index (χ0n) is 18.0. The third-order valence-corrected chi connectivity index (χ3v) is 6.54. The van der Waals surface area contributed by atoms with Crippen molar-refractivity contribution in [2.45, 2.75) is 13.5 Å². The molecule has 0 amide bonds. The van der Waals surface area contributed by atoms with Crippen molar-refractivity contribution in [2.24, 2.45) is 0 Å². The second-order valence-electron chi connectivity index (χ2n) is 7.19. The molecule has 0 aliphatic rings. The first-order chi connectivity index (χ1) is 16.0. The minimum absolute atomic E-state index is 0.346. The number of thiocarbonyl (C=S) groups is 1. The number of carbonyl (C=O) groups excluding carboxylic acids is 1. The van der Waals surface area contributed by atoms with Crippen LogP contribution in [-0.4, -0.2) is 28.0 Å². The molecule has 2 aromatic heterocycles. The molecular weight excluding hydrogens is 476 g/mol. The predicted molar refractivity (Wildman–Crippen MR) is 138 cm³/mol. The number of halogens is 1. The molecule has 33 heavy (non-hydrogen) atoms. The lowest BCUT2D eigenvalue weighted by atomic mass is 10.0. The van der Waals surface area contributed by atoms with Crippen LogP contribution in [-0.2, 0) is 11.3 Å². The van der Waals surface area contributed by atoms with E-state index in [0.717, 1.165) is 27.3 Å². The Morgan fingerprint density at radius 2 is 1.88 bits per heavy atom. The van der Waals surface area contributed by atoms with Gasteiger partial charge in [0.2, 0.25) is 0 Å². The molecule has 168 valence electrons. The van der Waals surface area contributed by atoms with Crippen molar-refractivity contribution in [2.75, 3.05) is 17.7 Å². The Labute approximate surface area is 206 Å². The standard InChI is InChI=1S/C24H21ClN4O2S2/c1-15-20(16-8-4-3-5-9-16)21(23(30)31-2)22(33-15)28-24(32)27-18-12-26-29(14-18)13-17-10-6-7-11-19(17)25/h3-12,14H,13H2,1-2H3,(H2,27,28,32). The predicted octanol–water partition coefficient (Wildman–Crippen LogP) is 6.22. The topological polar surface area (TPSA) is 68.2 Å². The van der Waals surface area contributed by atoms with Gasteiger partial charge < -0.3 is 15.4 Å². The molecule has 0 spiro atoms. The summed E-state index contributed by atoms with van der Waals surface area (Å²) in [7, 11) is 1.37. The van der Waals surface area contributed by atoms with Crippen LogP contribution < -0.4 is 10.6 Å². The Balaban J connectivity index is 1.52. The second-order valence-corrected chi connectivity index (χ2v) is 9.23. The van der Waals surface area contributed by atoms with Crippen LogP contribution in [0.1, 0.15) is 20.8 Å². The van der Waals surface area contributed by atoms with Gasteiger partial charge in [-0.2, -0.15) is 5.10 Å². The van der Waals surface area contributed by atoms with Gasteiger partial charge in [0, 0.05) is 21.7 Å². The molecule has 2 aromatic carbocycles. The Kier molecular flexibility index (Phi) is 7.08. The molecular formula is C24H21ClN4O2S2. The molecule has 0 saturated carbocycles. The van der Waals surface area contributed by atoms with Crippen molar-refractivity contribution in [1.82, 2.24) is 9.78 Å². The summed E-state index contributed by atoms with van der Waals surface area (Å²) in [4.78, 5) is 13.6. The molecule has 0 fully saturated rings. The summed E-state index contributed by atoms with van der Waals surface area (Å²) in [5.74, 6) is -0.420. The number of hydrogen-bond donors (Lipinski definition) is 2. The summed E-state index contributed by atoms with van der Waals surface area (Å²) in [5, 5.41) is 12.3. The van der Waals surface area contributed by atoms with Crippen LogP contribution in [0.5, 0.6) is 0 Å². The molecule has 0 aliphatic heterocycles. The van der Waals surface area contributed by atoms with Gasteiger partial charge in [-0.05, 0) is 36.3 Å². The van der Waals surface area contributed by atoms with Crippen molar-refractivity contribution in [3.8, 4) is 11.1 Å². The number of aryl methyl sites for hydroxylation is 1. The summed E-state index contributed by atoms with van der Waals surface area (Å²) in [5.41, 5.74) is 3.94. The van der Waals surface area contributed by atoms with Crippen LogP contribution in [0.15, 0.2) is 67.0 Å². The maximum atomic E-state index is 12.6. The van der Waals surface area contributed by atoms with E-state index in [1.165, 1.54) is 18.4 Å². The quantitative estimate of drug-likeness (QED) is 0.244. The van der Waals surface area contributed by atoms with Crippen molar-refractivity contribution in [1.29, 1.82) is 0 Å². The molecule has 0 radical (unpaired) electrons. The average molecular weight is 497 g/mol. The first-order valence-corrected chi connectivity index (χ1v) is 11.7. The van der Waals surface area contributed by atoms with Gasteiger partial charge in [-0.1, -0.05) is 60.1 Å². The number of anilines is 2. The first-order valence-electron chi connectivity index (χ1n) is 10.1. The highest BCUT2D eigenvalue weighted by molar-refractivity contribution is 7.80. The van der Waals surface area contributed by atoms with Crippen LogP contribution in [0.3, 0.4) is 0 Å². The minimum atomic E-state index is -0.420. The van der Waals surface area contributed by atoms with Crippen molar-refractivity contribution >= 4 is 56.9 Å². The zero-order valence-corrected chi connectivity index (χ0v) is 20.4. The number of rotatable bonds is 6. The first kappa shape index (κ1) is 23.0. The summed E-state index contributed by atoms with van der Waals surface area (Å²) in [6.45, 7) is 2.51. The summed E-state index contributed by atoms with van der Waals surface area (Å²) >= 11 is 13.2. The monoisotopic (exact) mass is 496 g/mol. The lowest BCUT2D eigenvalue weighted by Crippen LogP contribution is -2.19. The van der Waals surface area contributed by atoms with Crippen LogP contribution in [0.2, 0.25) is 5.02 Å². The number of nitrogens with zero attached hydrogens (tertiary/aromatic N) is 2. The number of aromatic nitrogens is 2. The summed E-state index contributed by atoms with van der Waals surface area (Å²) < 4.78 is 6.83. The molecule has 2 N–H and O–H groups in total. The van der Waals surface area contributed by atoms with E-state index in [9.17, 15) is 4.79 Å². The Bertz CT molecular complexity index is 1300. The van der Waals surface area contributed by atoms with E-state index in [1.54, 1.807) is 10.9 Å². The van der Waals surface area contributed by atoms with E-state index in [-0.39, 0.29) is 0 Å². The molecule has 9 heteroatoms. The molecule has 6 nitrogen and oxygen atoms in total. The number of methoxy groups -OCH3 is 1. The number of ether oxygens (including phenoxy) is 1. The van der Waals surface area contributed by atoms with E-state index in [1.807, 2.05) is 67.7 Å². The largest absolute Gasteiger partial charge is 0.465 e. The third kappa shape index (κ3) is 5.24. The highest BCUT2D eigenvalue weighted by atomic mass is 35.5. The number of nitrogens with one attached hydrogen (secondary N) is 2. The van der Waals surface area contributed by atoms with E-state index in [4.69, 9.17) is 28.6 Å². The van der Waals surface area contributed by atoms with Gasteiger partial charge >= 0.3 is 5.97 Å². The van der Waals surface area contributed by atoms with Crippen LogP contribution in [0, 0.1) is 6.92 Å². The van der Waals surface area contributed by atoms with Gasteiger partial charge in [0.15, 0.2) is 5.11 Å². The third-order valence-electron chi connectivity index (χ3n) is 4.94. The average Bonchev–Trinajstić information content (AvgIpc) is 3.38. The zero-order chi connectivity index (χ0) is 23.4. The molecule has 0 aliphatic carbocycles. The van der Waals surface area contributed by atoms with E-state index < -0.39 is 5.97 Å². The van der Waals surface area contributed by atoms with Crippen LogP contribution >= 0.6 is 35.2 Å². The van der Waals surface area contributed by atoms with Crippen molar-refractivity contribution in [3.05, 3.63) is 88.0 Å². The number of carbonyl (C=O) groups is 1. The Morgan fingerprint density at radius 3 is 2.61 bits per heavy atom.